The van der Waals surface area contributed by atoms with Crippen molar-refractivity contribution in [1.29, 1.82) is 0 Å². The van der Waals surface area contributed by atoms with E-state index >= 15 is 0 Å². The van der Waals surface area contributed by atoms with Crippen LogP contribution >= 0.6 is 0 Å². The van der Waals surface area contributed by atoms with E-state index in [4.69, 9.17) is 0 Å². The predicted octanol–water partition coefficient (Wildman–Crippen LogP) is 7.20. The lowest BCUT2D eigenvalue weighted by Crippen LogP contribution is -2.35. The first-order valence-electron chi connectivity index (χ1n) is 10.7. The standard InChI is InChI=1S/C28H24N2/c1-19-10-6-9-15-26(19)30-20(2)29(23-12-4-3-5-13-23)28-18-25-22(17-27(28)30)16-21-11-7-8-14-24(21)25/h3-15,17-18,20H,16H2,1-2H3/t20-/m0/s1. The summed E-state index contributed by atoms with van der Waals surface area (Å²) < 4.78 is 0. The molecule has 146 valence electrons. The van der Waals surface area contributed by atoms with Gasteiger partial charge in [0.25, 0.3) is 0 Å². The maximum atomic E-state index is 2.50. The Balaban J connectivity index is 1.60. The van der Waals surface area contributed by atoms with E-state index in [1.165, 1.54) is 50.6 Å². The number of fused-ring (bicyclic) bond motifs is 4. The van der Waals surface area contributed by atoms with Gasteiger partial charge in [-0.1, -0.05) is 60.7 Å². The van der Waals surface area contributed by atoms with Gasteiger partial charge in [-0.25, -0.2) is 0 Å². The molecule has 1 atom stereocenters. The Labute approximate surface area is 178 Å². The molecule has 2 heteroatoms. The first-order valence-corrected chi connectivity index (χ1v) is 10.7. The van der Waals surface area contributed by atoms with Crippen molar-refractivity contribution in [2.75, 3.05) is 9.80 Å². The average molecular weight is 389 g/mol. The normalized spacial score (nSPS) is 16.4. The Morgan fingerprint density at radius 1 is 0.633 bits per heavy atom. The number of para-hydroxylation sites is 2. The highest BCUT2D eigenvalue weighted by molar-refractivity contribution is 5.94. The fourth-order valence-electron chi connectivity index (χ4n) is 5.17. The second-order valence-corrected chi connectivity index (χ2v) is 8.33. The minimum Gasteiger partial charge on any atom is -0.319 e. The highest BCUT2D eigenvalue weighted by Gasteiger charge is 2.37. The molecule has 1 aliphatic carbocycles. The van der Waals surface area contributed by atoms with Gasteiger partial charge in [-0.3, -0.25) is 0 Å². The van der Waals surface area contributed by atoms with Crippen LogP contribution < -0.4 is 9.80 Å². The molecule has 4 aromatic carbocycles. The quantitative estimate of drug-likeness (QED) is 0.315. The van der Waals surface area contributed by atoms with Crippen molar-refractivity contribution in [1.82, 2.24) is 0 Å². The molecule has 4 aromatic rings. The number of hydrogen-bond donors (Lipinski definition) is 0. The zero-order valence-electron chi connectivity index (χ0n) is 17.3. The van der Waals surface area contributed by atoms with Gasteiger partial charge in [-0.2, -0.15) is 0 Å². The third-order valence-electron chi connectivity index (χ3n) is 6.56. The number of benzene rings is 4. The number of aryl methyl sites for hydroxylation is 1. The van der Waals surface area contributed by atoms with E-state index in [1.54, 1.807) is 0 Å². The lowest BCUT2D eigenvalue weighted by Gasteiger charge is -2.31. The van der Waals surface area contributed by atoms with Gasteiger partial charge >= 0.3 is 0 Å². The molecule has 2 nitrogen and oxygen atoms in total. The van der Waals surface area contributed by atoms with Crippen molar-refractivity contribution >= 4 is 22.7 Å². The SMILES string of the molecule is Cc1ccccc1N1c2cc3c(cc2N(c2ccccc2)[C@@H]1C)-c1ccccc1C3. The van der Waals surface area contributed by atoms with Gasteiger partial charge in [0, 0.05) is 11.4 Å². The van der Waals surface area contributed by atoms with Crippen molar-refractivity contribution in [3.63, 3.8) is 0 Å². The van der Waals surface area contributed by atoms with Crippen LogP contribution in [0.2, 0.25) is 0 Å². The van der Waals surface area contributed by atoms with Crippen LogP contribution in [-0.2, 0) is 6.42 Å². The summed E-state index contributed by atoms with van der Waals surface area (Å²) in [4.78, 5) is 4.98. The summed E-state index contributed by atoms with van der Waals surface area (Å²) >= 11 is 0. The zero-order valence-corrected chi connectivity index (χ0v) is 17.3. The van der Waals surface area contributed by atoms with E-state index in [0.717, 1.165) is 6.42 Å². The lowest BCUT2D eigenvalue weighted by atomic mass is 10.0. The molecule has 0 spiro atoms. The molecule has 1 heterocycles. The molecule has 0 bridgehead atoms. The maximum Gasteiger partial charge on any atom is 0.108 e. The van der Waals surface area contributed by atoms with Crippen molar-refractivity contribution in [3.8, 4) is 11.1 Å². The molecule has 0 unspecified atom stereocenters. The van der Waals surface area contributed by atoms with Crippen LogP contribution in [0.5, 0.6) is 0 Å². The molecule has 0 amide bonds. The molecular formula is C28H24N2. The Hall–Kier alpha value is -3.52. The third-order valence-corrected chi connectivity index (χ3v) is 6.56. The van der Waals surface area contributed by atoms with Crippen molar-refractivity contribution < 1.29 is 0 Å². The number of rotatable bonds is 2. The summed E-state index contributed by atoms with van der Waals surface area (Å²) in [7, 11) is 0. The number of nitrogens with zero attached hydrogens (tertiary/aromatic N) is 2. The van der Waals surface area contributed by atoms with Crippen LogP contribution in [0.1, 0.15) is 23.6 Å². The van der Waals surface area contributed by atoms with Gasteiger partial charge in [0.2, 0.25) is 0 Å². The second kappa shape index (κ2) is 6.50. The molecule has 0 saturated carbocycles. The van der Waals surface area contributed by atoms with E-state index in [-0.39, 0.29) is 6.17 Å². The fraction of sp³-hybridized carbons (Fsp3) is 0.143. The molecule has 0 radical (unpaired) electrons. The van der Waals surface area contributed by atoms with Crippen LogP contribution in [0, 0.1) is 6.92 Å². The first kappa shape index (κ1) is 17.3. The van der Waals surface area contributed by atoms with E-state index in [9.17, 15) is 0 Å². The van der Waals surface area contributed by atoms with E-state index < -0.39 is 0 Å². The Bertz CT molecular complexity index is 1260. The van der Waals surface area contributed by atoms with Crippen molar-refractivity contribution in [2.24, 2.45) is 0 Å². The summed E-state index contributed by atoms with van der Waals surface area (Å²) in [5.74, 6) is 0. The van der Waals surface area contributed by atoms with Crippen LogP contribution in [0.4, 0.5) is 22.7 Å². The molecule has 0 saturated heterocycles. The Morgan fingerprint density at radius 3 is 2.17 bits per heavy atom. The minimum atomic E-state index is 0.196. The summed E-state index contributed by atoms with van der Waals surface area (Å²) in [6.45, 7) is 4.51. The number of hydrogen-bond acceptors (Lipinski definition) is 2. The van der Waals surface area contributed by atoms with Crippen molar-refractivity contribution in [2.45, 2.75) is 26.4 Å². The lowest BCUT2D eigenvalue weighted by molar-refractivity contribution is 0.759. The largest absolute Gasteiger partial charge is 0.319 e. The summed E-state index contributed by atoms with van der Waals surface area (Å²) in [6.07, 6.45) is 1.21. The Kier molecular flexibility index (Phi) is 3.76. The van der Waals surface area contributed by atoms with Gasteiger partial charge in [0.15, 0.2) is 0 Å². The van der Waals surface area contributed by atoms with Gasteiger partial charge in [0.1, 0.15) is 6.17 Å². The van der Waals surface area contributed by atoms with Gasteiger partial charge in [-0.05, 0) is 78.4 Å². The van der Waals surface area contributed by atoms with Gasteiger partial charge in [-0.15, -0.1) is 0 Å². The van der Waals surface area contributed by atoms with Gasteiger partial charge < -0.3 is 9.80 Å². The van der Waals surface area contributed by atoms with Crippen LogP contribution in [0.15, 0.2) is 91.0 Å². The van der Waals surface area contributed by atoms with E-state index in [0.29, 0.717) is 0 Å². The first-order chi connectivity index (χ1) is 14.7. The summed E-state index contributed by atoms with van der Waals surface area (Å²) in [6, 6.07) is 33.1. The second-order valence-electron chi connectivity index (χ2n) is 8.33. The molecule has 0 fully saturated rings. The molecule has 6 rings (SSSR count). The van der Waals surface area contributed by atoms with E-state index in [1.807, 2.05) is 0 Å². The molecule has 30 heavy (non-hydrogen) atoms. The minimum absolute atomic E-state index is 0.196. The highest BCUT2D eigenvalue weighted by atomic mass is 15.4. The molecule has 0 N–H and O–H groups in total. The molecule has 1 aliphatic heterocycles. The third kappa shape index (κ3) is 2.43. The van der Waals surface area contributed by atoms with Crippen molar-refractivity contribution in [3.05, 3.63) is 108 Å². The maximum absolute atomic E-state index is 2.50. The van der Waals surface area contributed by atoms with Gasteiger partial charge in [0.05, 0.1) is 11.4 Å². The highest BCUT2D eigenvalue weighted by Crippen LogP contribution is 2.52. The molecule has 2 aliphatic rings. The van der Waals surface area contributed by atoms with Crippen LogP contribution in [-0.4, -0.2) is 6.17 Å². The summed E-state index contributed by atoms with van der Waals surface area (Å²) in [5.41, 5.74) is 12.0. The Morgan fingerprint density at radius 2 is 1.33 bits per heavy atom. The van der Waals surface area contributed by atoms with E-state index in [2.05, 4.69) is 115 Å². The smallest absolute Gasteiger partial charge is 0.108 e. The monoisotopic (exact) mass is 388 g/mol. The average Bonchev–Trinajstić information content (AvgIpc) is 3.27. The van der Waals surface area contributed by atoms with Crippen LogP contribution in [0.25, 0.3) is 11.1 Å². The topological polar surface area (TPSA) is 6.48 Å². The summed E-state index contributed by atoms with van der Waals surface area (Å²) in [5, 5.41) is 0. The predicted molar refractivity (Wildman–Crippen MR) is 126 cm³/mol. The van der Waals surface area contributed by atoms with Crippen LogP contribution in [0.3, 0.4) is 0 Å². The fourth-order valence-corrected chi connectivity index (χ4v) is 5.17. The zero-order chi connectivity index (χ0) is 20.2. The molecule has 0 aromatic heterocycles. The number of anilines is 4. The molecular weight excluding hydrogens is 364 g/mol.